The van der Waals surface area contributed by atoms with Gasteiger partial charge in [0.05, 0.1) is 4.90 Å². The van der Waals surface area contributed by atoms with Crippen LogP contribution in [0.15, 0.2) is 29.2 Å². The highest BCUT2D eigenvalue weighted by atomic mass is 32.2. The average molecular weight is 322 g/mol. The van der Waals surface area contributed by atoms with E-state index in [-0.39, 0.29) is 11.0 Å². The van der Waals surface area contributed by atoms with E-state index in [0.717, 1.165) is 11.8 Å². The van der Waals surface area contributed by atoms with E-state index < -0.39 is 10.0 Å². The van der Waals surface area contributed by atoms with Gasteiger partial charge in [-0.15, -0.1) is 0 Å². The van der Waals surface area contributed by atoms with Gasteiger partial charge >= 0.3 is 0 Å². The Morgan fingerprint density at radius 3 is 2.24 bits per heavy atom. The van der Waals surface area contributed by atoms with Gasteiger partial charge in [-0.25, -0.2) is 13.1 Å². The van der Waals surface area contributed by atoms with Crippen molar-refractivity contribution in [3.05, 3.63) is 29.8 Å². The van der Waals surface area contributed by atoms with Crippen LogP contribution in [0.25, 0.3) is 0 Å². The molecule has 1 aromatic rings. The van der Waals surface area contributed by atoms with Crippen LogP contribution in [-0.2, 0) is 10.0 Å². The molecule has 0 amide bonds. The molecule has 0 aromatic heterocycles. The molecule has 0 heterocycles. The molecule has 3 fully saturated rings. The smallest absolute Gasteiger partial charge is 0.240 e. The minimum Gasteiger partial charge on any atom is -0.389 e. The lowest BCUT2D eigenvalue weighted by molar-refractivity contribution is 0.456. The molecule has 4 nitrogen and oxygen atoms in total. The lowest BCUT2D eigenvalue weighted by Crippen LogP contribution is -2.30. The van der Waals surface area contributed by atoms with Crippen molar-refractivity contribution in [2.45, 2.75) is 30.2 Å². The summed E-state index contributed by atoms with van der Waals surface area (Å²) in [4.78, 5) is 0.569. The summed E-state index contributed by atoms with van der Waals surface area (Å²) < 4.78 is 27.8. The van der Waals surface area contributed by atoms with Gasteiger partial charge in [-0.05, 0) is 55.1 Å². The van der Waals surface area contributed by atoms with Crippen LogP contribution in [-0.4, -0.2) is 19.4 Å². The Hall–Kier alpha value is -0.980. The van der Waals surface area contributed by atoms with Crippen LogP contribution >= 0.6 is 12.2 Å². The highest BCUT2D eigenvalue weighted by molar-refractivity contribution is 7.89. The summed E-state index contributed by atoms with van der Waals surface area (Å²) >= 11 is 4.88. The van der Waals surface area contributed by atoms with E-state index in [1.165, 1.54) is 19.3 Å². The second-order valence-corrected chi connectivity index (χ2v) is 8.68. The van der Waals surface area contributed by atoms with Crippen molar-refractivity contribution < 1.29 is 8.42 Å². The fourth-order valence-corrected chi connectivity index (χ4v) is 5.97. The van der Waals surface area contributed by atoms with Gasteiger partial charge in [-0.2, -0.15) is 0 Å². The van der Waals surface area contributed by atoms with Crippen molar-refractivity contribution in [1.82, 2.24) is 4.72 Å². The molecule has 4 unspecified atom stereocenters. The van der Waals surface area contributed by atoms with Crippen LogP contribution in [0.3, 0.4) is 0 Å². The number of thiocarbonyl (C=S) groups is 1. The lowest BCUT2D eigenvalue weighted by Gasteiger charge is -2.11. The number of hydrogen-bond acceptors (Lipinski definition) is 3. The minimum atomic E-state index is -3.43. The van der Waals surface area contributed by atoms with Gasteiger partial charge in [0.2, 0.25) is 10.0 Å². The molecule has 4 atom stereocenters. The monoisotopic (exact) mass is 322 g/mol. The molecule has 21 heavy (non-hydrogen) atoms. The largest absolute Gasteiger partial charge is 0.389 e. The minimum absolute atomic E-state index is 0.163. The van der Waals surface area contributed by atoms with Gasteiger partial charge in [-0.3, -0.25) is 0 Å². The van der Waals surface area contributed by atoms with Gasteiger partial charge < -0.3 is 5.73 Å². The van der Waals surface area contributed by atoms with E-state index >= 15 is 0 Å². The molecular formula is C15H18N2O2S2. The fraction of sp³-hybridized carbons (Fsp3) is 0.533. The number of benzene rings is 1. The molecule has 3 aliphatic carbocycles. The SMILES string of the molecule is NC(=S)c1ccc(S(=O)(=O)NC2C3C4CCC(C4)C23)cc1. The second kappa shape index (κ2) is 4.51. The standard InChI is InChI=1S/C15H18N2O2S2/c16-15(20)8-3-5-11(6-4-8)21(18,19)17-14-12-9-1-2-10(7-9)13(12)14/h3-6,9-10,12-14,17H,1-2,7H2,(H2,16,20). The number of rotatable bonds is 4. The van der Waals surface area contributed by atoms with E-state index in [2.05, 4.69) is 4.72 Å². The first-order chi connectivity index (χ1) is 9.97. The average Bonchev–Trinajstić information content (AvgIpc) is 2.85. The molecule has 6 heteroatoms. The zero-order chi connectivity index (χ0) is 14.8. The van der Waals surface area contributed by atoms with Crippen molar-refractivity contribution in [3.63, 3.8) is 0 Å². The number of nitrogens with one attached hydrogen (secondary N) is 1. The maximum atomic E-state index is 12.5. The molecule has 112 valence electrons. The second-order valence-electron chi connectivity index (χ2n) is 6.52. The maximum absolute atomic E-state index is 12.5. The molecule has 0 spiro atoms. The Balaban J connectivity index is 1.51. The van der Waals surface area contributed by atoms with Crippen molar-refractivity contribution >= 4 is 27.2 Å². The number of nitrogens with two attached hydrogens (primary N) is 1. The van der Waals surface area contributed by atoms with Crippen LogP contribution in [0.1, 0.15) is 24.8 Å². The van der Waals surface area contributed by atoms with Gasteiger partial charge in [0.15, 0.2) is 0 Å². The van der Waals surface area contributed by atoms with Crippen LogP contribution in [0.5, 0.6) is 0 Å². The Morgan fingerprint density at radius 1 is 1.14 bits per heavy atom. The summed E-state index contributed by atoms with van der Waals surface area (Å²) in [7, 11) is -3.43. The Morgan fingerprint density at radius 2 is 1.71 bits per heavy atom. The third kappa shape index (κ3) is 2.12. The summed E-state index contributed by atoms with van der Waals surface area (Å²) in [5, 5.41) is 0. The first-order valence-electron chi connectivity index (χ1n) is 7.39. The molecular weight excluding hydrogens is 304 g/mol. The number of fused-ring (bicyclic) bond motifs is 5. The van der Waals surface area contributed by atoms with E-state index in [1.54, 1.807) is 24.3 Å². The van der Waals surface area contributed by atoms with Crippen molar-refractivity contribution in [3.8, 4) is 0 Å². The van der Waals surface area contributed by atoms with E-state index in [4.69, 9.17) is 18.0 Å². The third-order valence-corrected chi connectivity index (χ3v) is 7.19. The van der Waals surface area contributed by atoms with Crippen LogP contribution in [0.2, 0.25) is 0 Å². The van der Waals surface area contributed by atoms with E-state index in [0.29, 0.717) is 22.3 Å². The summed E-state index contributed by atoms with van der Waals surface area (Å²) in [6.07, 6.45) is 3.88. The molecule has 1 aromatic carbocycles. The van der Waals surface area contributed by atoms with Gasteiger partial charge in [0.25, 0.3) is 0 Å². The maximum Gasteiger partial charge on any atom is 0.240 e. The summed E-state index contributed by atoms with van der Waals surface area (Å²) in [5.74, 6) is 2.69. The predicted octanol–water partition coefficient (Wildman–Crippen LogP) is 1.64. The summed E-state index contributed by atoms with van der Waals surface area (Å²) in [6, 6.07) is 6.63. The zero-order valence-corrected chi connectivity index (χ0v) is 13.2. The Kier molecular flexibility index (Phi) is 2.93. The fourth-order valence-electron chi connectivity index (χ4n) is 4.53. The first kappa shape index (κ1) is 13.7. The van der Waals surface area contributed by atoms with Crippen molar-refractivity contribution in [1.29, 1.82) is 0 Å². The lowest BCUT2D eigenvalue weighted by atomic mass is 10.0. The van der Waals surface area contributed by atoms with Crippen molar-refractivity contribution in [2.75, 3.05) is 0 Å². The predicted molar refractivity (Wildman–Crippen MR) is 84.2 cm³/mol. The Labute approximate surface area is 130 Å². The zero-order valence-electron chi connectivity index (χ0n) is 11.5. The van der Waals surface area contributed by atoms with Crippen LogP contribution in [0.4, 0.5) is 0 Å². The topological polar surface area (TPSA) is 72.2 Å². The van der Waals surface area contributed by atoms with E-state index in [1.807, 2.05) is 0 Å². The summed E-state index contributed by atoms with van der Waals surface area (Å²) in [5.41, 5.74) is 6.21. The van der Waals surface area contributed by atoms with Gasteiger partial charge in [0, 0.05) is 11.6 Å². The highest BCUT2D eigenvalue weighted by Gasteiger charge is 2.65. The van der Waals surface area contributed by atoms with Crippen LogP contribution < -0.4 is 10.5 Å². The summed E-state index contributed by atoms with van der Waals surface area (Å²) in [6.45, 7) is 0. The van der Waals surface area contributed by atoms with Gasteiger partial charge in [-0.1, -0.05) is 24.4 Å². The third-order valence-electron chi connectivity index (χ3n) is 5.48. The molecule has 4 rings (SSSR count). The molecule has 0 aliphatic heterocycles. The molecule has 3 N–H and O–H groups in total. The molecule has 0 radical (unpaired) electrons. The van der Waals surface area contributed by atoms with Crippen LogP contribution in [0, 0.1) is 23.7 Å². The quantitative estimate of drug-likeness (QED) is 0.827. The van der Waals surface area contributed by atoms with Crippen molar-refractivity contribution in [2.24, 2.45) is 29.4 Å². The normalized spacial score (nSPS) is 36.5. The molecule has 3 aliphatic rings. The van der Waals surface area contributed by atoms with E-state index in [9.17, 15) is 8.42 Å². The Bertz CT molecular complexity index is 683. The highest BCUT2D eigenvalue weighted by Crippen LogP contribution is 2.65. The number of sulfonamides is 1. The number of hydrogen-bond donors (Lipinski definition) is 2. The molecule has 2 bridgehead atoms. The first-order valence-corrected chi connectivity index (χ1v) is 9.29. The molecule has 0 saturated heterocycles. The molecule has 3 saturated carbocycles. The van der Waals surface area contributed by atoms with Gasteiger partial charge in [0.1, 0.15) is 4.99 Å².